The van der Waals surface area contributed by atoms with Crippen LogP contribution in [-0.4, -0.2) is 52.9 Å². The zero-order valence-corrected chi connectivity index (χ0v) is 20.7. The van der Waals surface area contributed by atoms with Gasteiger partial charge in [0.1, 0.15) is 22.6 Å². The van der Waals surface area contributed by atoms with E-state index < -0.39 is 11.7 Å². The number of aromatic nitrogens is 1. The van der Waals surface area contributed by atoms with Crippen molar-refractivity contribution in [3.05, 3.63) is 47.3 Å². The summed E-state index contributed by atoms with van der Waals surface area (Å²) in [5, 5.41) is 22.7. The standard InChI is InChI=1S/C26H29N5O5/c1-26(2,3)36-25(33)28-15-9-11-31(13-15)14-18-20(34-4)8-7-17-22(32)21(35-23(17)18)12-19-16-6-5-10-27-24(16)30-29-19/h5-8,10,12,15,32H,9,11,13-14H2,1-4H3,(H,28,33)/t15-/m0/s1. The molecule has 4 heterocycles. The summed E-state index contributed by atoms with van der Waals surface area (Å²) in [5.41, 5.74) is 2.16. The summed E-state index contributed by atoms with van der Waals surface area (Å²) < 4.78 is 17.2. The van der Waals surface area contributed by atoms with E-state index in [1.165, 1.54) is 0 Å². The zero-order chi connectivity index (χ0) is 25.4. The maximum atomic E-state index is 12.2. The first-order chi connectivity index (χ1) is 17.2. The summed E-state index contributed by atoms with van der Waals surface area (Å²) in [6.07, 6.45) is 3.71. The molecule has 3 aromatic rings. The van der Waals surface area contributed by atoms with Crippen LogP contribution in [0.2, 0.25) is 0 Å². The average Bonchev–Trinajstić information content (AvgIpc) is 3.52. The molecule has 0 aliphatic carbocycles. The molecule has 10 heteroatoms. The molecule has 1 fully saturated rings. The minimum atomic E-state index is -0.544. The summed E-state index contributed by atoms with van der Waals surface area (Å²) in [6, 6.07) is 7.27. The van der Waals surface area contributed by atoms with E-state index in [0.29, 0.717) is 41.3 Å². The fourth-order valence-electron chi connectivity index (χ4n) is 4.50. The molecular weight excluding hydrogens is 462 g/mol. The molecule has 0 radical (unpaired) electrons. The monoisotopic (exact) mass is 491 g/mol. The molecular formula is C26H29N5O5. The van der Waals surface area contributed by atoms with E-state index in [-0.39, 0.29) is 17.6 Å². The van der Waals surface area contributed by atoms with Gasteiger partial charge in [0.2, 0.25) is 0 Å². The third-order valence-electron chi connectivity index (χ3n) is 6.10. The van der Waals surface area contributed by atoms with Gasteiger partial charge >= 0.3 is 6.09 Å². The second-order valence-corrected chi connectivity index (χ2v) is 9.91. The molecule has 1 aromatic carbocycles. The van der Waals surface area contributed by atoms with Gasteiger partial charge in [-0.15, -0.1) is 10.2 Å². The Hall–Kier alpha value is -3.92. The Bertz CT molecular complexity index is 1370. The Morgan fingerprint density at radius 1 is 1.31 bits per heavy atom. The van der Waals surface area contributed by atoms with Gasteiger partial charge in [-0.3, -0.25) is 4.90 Å². The predicted molar refractivity (Wildman–Crippen MR) is 134 cm³/mol. The molecule has 5 rings (SSSR count). The van der Waals surface area contributed by atoms with E-state index in [1.807, 2.05) is 39.0 Å². The molecule has 2 N–H and O–H groups in total. The Labute approximate surface area is 208 Å². The molecule has 0 bridgehead atoms. The van der Waals surface area contributed by atoms with Crippen LogP contribution in [0.15, 0.2) is 45.1 Å². The van der Waals surface area contributed by atoms with Crippen molar-refractivity contribution in [1.29, 1.82) is 0 Å². The van der Waals surface area contributed by atoms with E-state index in [0.717, 1.165) is 24.1 Å². The number of carbonyl (C=O) groups excluding carboxylic acids is 1. The van der Waals surface area contributed by atoms with E-state index in [9.17, 15) is 9.90 Å². The van der Waals surface area contributed by atoms with Crippen molar-refractivity contribution in [2.24, 2.45) is 10.2 Å². The lowest BCUT2D eigenvalue weighted by Crippen LogP contribution is -2.40. The van der Waals surface area contributed by atoms with Gasteiger partial charge in [-0.25, -0.2) is 9.78 Å². The van der Waals surface area contributed by atoms with Gasteiger partial charge < -0.3 is 24.3 Å². The summed E-state index contributed by atoms with van der Waals surface area (Å²) in [4.78, 5) is 18.6. The molecule has 188 valence electrons. The molecule has 2 aliphatic rings. The quantitative estimate of drug-likeness (QED) is 0.501. The van der Waals surface area contributed by atoms with Crippen LogP contribution in [0.1, 0.15) is 44.1 Å². The van der Waals surface area contributed by atoms with Crippen LogP contribution < -0.4 is 10.1 Å². The number of azo groups is 1. The first kappa shape index (κ1) is 23.8. The van der Waals surface area contributed by atoms with Gasteiger partial charge in [0.05, 0.1) is 18.1 Å². The summed E-state index contributed by atoms with van der Waals surface area (Å²) in [5.74, 6) is 1.51. The molecule has 0 saturated carbocycles. The molecule has 10 nitrogen and oxygen atoms in total. The van der Waals surface area contributed by atoms with Crippen molar-refractivity contribution in [2.75, 3.05) is 20.2 Å². The number of rotatable bonds is 5. The molecule has 0 spiro atoms. The topological polar surface area (TPSA) is 122 Å². The minimum absolute atomic E-state index is 0.0169. The molecule has 1 amide bonds. The molecule has 0 unspecified atom stereocenters. The third kappa shape index (κ3) is 4.76. The molecule has 36 heavy (non-hydrogen) atoms. The van der Waals surface area contributed by atoms with Crippen LogP contribution in [0.4, 0.5) is 10.6 Å². The van der Waals surface area contributed by atoms with Gasteiger partial charge in [-0.05, 0) is 51.5 Å². The van der Waals surface area contributed by atoms with Crippen molar-refractivity contribution in [1.82, 2.24) is 15.2 Å². The maximum absolute atomic E-state index is 12.2. The third-order valence-corrected chi connectivity index (χ3v) is 6.10. The van der Waals surface area contributed by atoms with Gasteiger partial charge in [-0.1, -0.05) is 0 Å². The second-order valence-electron chi connectivity index (χ2n) is 9.91. The SMILES string of the molecule is COc1ccc2c(O)c(C=C3N=Nc4ncccc43)oc2c1CN1CC[C@H](NC(=O)OC(C)(C)C)C1. The average molecular weight is 492 g/mol. The number of nitrogens with one attached hydrogen (secondary N) is 1. The number of carbonyl (C=O) groups is 1. The number of hydrogen-bond acceptors (Lipinski definition) is 9. The molecule has 1 saturated heterocycles. The highest BCUT2D eigenvalue weighted by atomic mass is 16.6. The predicted octanol–water partition coefficient (Wildman–Crippen LogP) is 5.24. The summed E-state index contributed by atoms with van der Waals surface area (Å²) in [6.45, 7) is 7.50. The fourth-order valence-corrected chi connectivity index (χ4v) is 4.50. The van der Waals surface area contributed by atoms with Crippen molar-refractivity contribution >= 4 is 34.7 Å². The highest BCUT2D eigenvalue weighted by Crippen LogP contribution is 2.42. The normalized spacial score (nSPS) is 18.7. The van der Waals surface area contributed by atoms with E-state index in [1.54, 1.807) is 25.4 Å². The van der Waals surface area contributed by atoms with Gasteiger partial charge in [0.25, 0.3) is 0 Å². The van der Waals surface area contributed by atoms with Crippen LogP contribution in [0, 0.1) is 0 Å². The first-order valence-corrected chi connectivity index (χ1v) is 11.8. The maximum Gasteiger partial charge on any atom is 0.407 e. The minimum Gasteiger partial charge on any atom is -0.504 e. The zero-order valence-electron chi connectivity index (χ0n) is 20.7. The number of likely N-dealkylation sites (tertiary alicyclic amines) is 1. The lowest BCUT2D eigenvalue weighted by Gasteiger charge is -2.22. The number of nitrogens with zero attached hydrogens (tertiary/aromatic N) is 4. The smallest absolute Gasteiger partial charge is 0.407 e. The Morgan fingerprint density at radius 3 is 2.92 bits per heavy atom. The molecule has 2 aliphatic heterocycles. The Balaban J connectivity index is 1.39. The van der Waals surface area contributed by atoms with E-state index >= 15 is 0 Å². The number of alkyl carbamates (subject to hydrolysis) is 1. The largest absolute Gasteiger partial charge is 0.504 e. The van der Waals surface area contributed by atoms with Gasteiger partial charge in [0, 0.05) is 43.5 Å². The second kappa shape index (κ2) is 9.27. The number of furan rings is 1. The lowest BCUT2D eigenvalue weighted by atomic mass is 10.1. The first-order valence-electron chi connectivity index (χ1n) is 11.8. The summed E-state index contributed by atoms with van der Waals surface area (Å²) >= 11 is 0. The van der Waals surface area contributed by atoms with Crippen LogP contribution in [0.3, 0.4) is 0 Å². The molecule has 1 atom stereocenters. The van der Waals surface area contributed by atoms with Crippen molar-refractivity contribution in [3.8, 4) is 11.5 Å². The number of hydrogen-bond donors (Lipinski definition) is 2. The van der Waals surface area contributed by atoms with E-state index in [2.05, 4.69) is 25.4 Å². The number of pyridine rings is 1. The number of methoxy groups -OCH3 is 1. The number of fused-ring (bicyclic) bond motifs is 2. The van der Waals surface area contributed by atoms with Crippen LogP contribution >= 0.6 is 0 Å². The van der Waals surface area contributed by atoms with Crippen LogP contribution in [0.25, 0.3) is 22.7 Å². The summed E-state index contributed by atoms with van der Waals surface area (Å²) in [7, 11) is 1.61. The lowest BCUT2D eigenvalue weighted by molar-refractivity contribution is 0.0505. The van der Waals surface area contributed by atoms with Crippen LogP contribution in [0.5, 0.6) is 11.5 Å². The molecule has 2 aromatic heterocycles. The van der Waals surface area contributed by atoms with Crippen LogP contribution in [-0.2, 0) is 11.3 Å². The van der Waals surface area contributed by atoms with E-state index in [4.69, 9.17) is 13.9 Å². The van der Waals surface area contributed by atoms with Crippen molar-refractivity contribution < 1.29 is 23.8 Å². The Morgan fingerprint density at radius 2 is 2.14 bits per heavy atom. The van der Waals surface area contributed by atoms with Gasteiger partial charge in [-0.2, -0.15) is 0 Å². The number of aromatic hydroxyl groups is 1. The number of amides is 1. The highest BCUT2D eigenvalue weighted by molar-refractivity contribution is 5.94. The number of benzene rings is 1. The number of ether oxygens (including phenoxy) is 2. The fraction of sp³-hybridized carbons (Fsp3) is 0.385. The van der Waals surface area contributed by atoms with Gasteiger partial charge in [0.15, 0.2) is 17.3 Å². The Kier molecular flexibility index (Phi) is 6.13. The van der Waals surface area contributed by atoms with Crippen molar-refractivity contribution in [3.63, 3.8) is 0 Å². The van der Waals surface area contributed by atoms with Crippen molar-refractivity contribution in [2.45, 2.75) is 45.4 Å². The highest BCUT2D eigenvalue weighted by Gasteiger charge is 2.28.